The molecular formula is C26H29N5O5. The van der Waals surface area contributed by atoms with Crippen molar-refractivity contribution in [1.82, 2.24) is 20.6 Å². The van der Waals surface area contributed by atoms with Gasteiger partial charge in [-0.25, -0.2) is 4.79 Å². The number of aliphatic hydroxyl groups is 1. The molecule has 10 heteroatoms. The highest BCUT2D eigenvalue weighted by molar-refractivity contribution is 5.93. The van der Waals surface area contributed by atoms with Crippen LogP contribution in [0, 0.1) is 0 Å². The summed E-state index contributed by atoms with van der Waals surface area (Å²) >= 11 is 0. The first kappa shape index (κ1) is 25.0. The molecule has 2 aromatic carbocycles. The molecule has 10 nitrogen and oxygen atoms in total. The Balaban J connectivity index is 1.57. The third-order valence-corrected chi connectivity index (χ3v) is 6.27. The number of carbonyl (C=O) groups is 3. The van der Waals surface area contributed by atoms with E-state index in [0.29, 0.717) is 0 Å². The van der Waals surface area contributed by atoms with Crippen LogP contribution in [0.5, 0.6) is 0 Å². The lowest BCUT2D eigenvalue weighted by Gasteiger charge is -2.23. The number of aromatic nitrogens is 2. The third-order valence-electron chi connectivity index (χ3n) is 6.27. The SMILES string of the molecule is CC(O)C(N)C(=O)NC(Cc1c[nH]c2ccccc12)C(=O)NC(Cc1c[nH]c2ccccc12)C(=O)O. The first-order valence-corrected chi connectivity index (χ1v) is 11.6. The number of nitrogens with one attached hydrogen (secondary N) is 4. The molecule has 4 rings (SSSR count). The molecule has 2 heterocycles. The van der Waals surface area contributed by atoms with Gasteiger partial charge in [-0.1, -0.05) is 36.4 Å². The average Bonchev–Trinajstić information content (AvgIpc) is 3.46. The number of amides is 2. The number of aliphatic carboxylic acids is 1. The molecule has 0 saturated heterocycles. The number of carboxylic acids is 1. The zero-order valence-corrected chi connectivity index (χ0v) is 19.7. The molecule has 0 aliphatic heterocycles. The van der Waals surface area contributed by atoms with Crippen LogP contribution in [-0.4, -0.2) is 62.2 Å². The Morgan fingerprint density at radius 3 is 1.81 bits per heavy atom. The molecular weight excluding hydrogens is 462 g/mol. The summed E-state index contributed by atoms with van der Waals surface area (Å²) < 4.78 is 0. The molecule has 188 valence electrons. The second kappa shape index (κ2) is 10.6. The second-order valence-electron chi connectivity index (χ2n) is 8.85. The van der Waals surface area contributed by atoms with Crippen LogP contribution in [0.3, 0.4) is 0 Å². The van der Waals surface area contributed by atoms with Gasteiger partial charge in [0.1, 0.15) is 18.1 Å². The molecule has 0 fully saturated rings. The van der Waals surface area contributed by atoms with Crippen molar-refractivity contribution in [2.24, 2.45) is 5.73 Å². The Labute approximate surface area is 206 Å². The van der Waals surface area contributed by atoms with Gasteiger partial charge in [0, 0.05) is 47.0 Å². The van der Waals surface area contributed by atoms with Gasteiger partial charge in [0.25, 0.3) is 0 Å². The van der Waals surface area contributed by atoms with Crippen molar-refractivity contribution in [1.29, 1.82) is 0 Å². The number of benzene rings is 2. The third kappa shape index (κ3) is 5.40. The van der Waals surface area contributed by atoms with Crippen molar-refractivity contribution in [3.05, 3.63) is 72.1 Å². The number of carbonyl (C=O) groups excluding carboxylic acids is 2. The normalized spacial score (nSPS) is 14.8. The summed E-state index contributed by atoms with van der Waals surface area (Å²) in [5.41, 5.74) is 9.00. The number of nitrogens with two attached hydrogens (primary N) is 1. The van der Waals surface area contributed by atoms with Crippen molar-refractivity contribution in [3.8, 4) is 0 Å². The summed E-state index contributed by atoms with van der Waals surface area (Å²) in [6, 6.07) is 11.4. The van der Waals surface area contributed by atoms with Gasteiger partial charge < -0.3 is 36.5 Å². The van der Waals surface area contributed by atoms with Crippen LogP contribution < -0.4 is 16.4 Å². The minimum absolute atomic E-state index is 0.0476. The van der Waals surface area contributed by atoms with Gasteiger partial charge in [-0.05, 0) is 30.2 Å². The van der Waals surface area contributed by atoms with Gasteiger partial charge in [0.15, 0.2) is 0 Å². The highest BCUT2D eigenvalue weighted by atomic mass is 16.4. The fraction of sp³-hybridized carbons (Fsp3) is 0.269. The Bertz CT molecular complexity index is 1390. The van der Waals surface area contributed by atoms with Crippen molar-refractivity contribution < 1.29 is 24.6 Å². The van der Waals surface area contributed by atoms with Crippen LogP contribution in [0.2, 0.25) is 0 Å². The maximum absolute atomic E-state index is 13.3. The fourth-order valence-corrected chi connectivity index (χ4v) is 4.21. The van der Waals surface area contributed by atoms with E-state index >= 15 is 0 Å². The van der Waals surface area contributed by atoms with Gasteiger partial charge in [-0.2, -0.15) is 0 Å². The Morgan fingerprint density at radius 2 is 1.31 bits per heavy atom. The number of fused-ring (bicyclic) bond motifs is 2. The summed E-state index contributed by atoms with van der Waals surface area (Å²) in [5, 5.41) is 26.5. The van der Waals surface area contributed by atoms with Gasteiger partial charge in [0.05, 0.1) is 6.10 Å². The average molecular weight is 492 g/mol. The maximum Gasteiger partial charge on any atom is 0.326 e. The van der Waals surface area contributed by atoms with Crippen LogP contribution in [0.15, 0.2) is 60.9 Å². The number of H-pyrrole nitrogens is 2. The highest BCUT2D eigenvalue weighted by Crippen LogP contribution is 2.21. The zero-order valence-electron chi connectivity index (χ0n) is 19.7. The van der Waals surface area contributed by atoms with E-state index in [1.807, 2.05) is 48.5 Å². The monoisotopic (exact) mass is 491 g/mol. The van der Waals surface area contributed by atoms with Gasteiger partial charge >= 0.3 is 5.97 Å². The van der Waals surface area contributed by atoms with E-state index in [1.165, 1.54) is 6.92 Å². The van der Waals surface area contributed by atoms with Gasteiger partial charge in [0.2, 0.25) is 11.8 Å². The van der Waals surface area contributed by atoms with E-state index in [0.717, 1.165) is 32.9 Å². The number of hydrogen-bond acceptors (Lipinski definition) is 5. The lowest BCUT2D eigenvalue weighted by atomic mass is 10.0. The predicted molar refractivity (Wildman–Crippen MR) is 135 cm³/mol. The van der Waals surface area contributed by atoms with Crippen LogP contribution in [0.1, 0.15) is 18.1 Å². The van der Waals surface area contributed by atoms with Gasteiger partial charge in [-0.3, -0.25) is 9.59 Å². The van der Waals surface area contributed by atoms with E-state index in [-0.39, 0.29) is 12.8 Å². The summed E-state index contributed by atoms with van der Waals surface area (Å²) in [7, 11) is 0. The van der Waals surface area contributed by atoms with E-state index < -0.39 is 42.0 Å². The van der Waals surface area contributed by atoms with Crippen molar-refractivity contribution in [2.45, 2.75) is 44.0 Å². The number of carboxylic acid groups (broad SMARTS) is 1. The van der Waals surface area contributed by atoms with Crippen LogP contribution in [0.25, 0.3) is 21.8 Å². The Kier molecular flexibility index (Phi) is 7.37. The molecule has 0 aliphatic rings. The molecule has 2 amide bonds. The van der Waals surface area contributed by atoms with Crippen molar-refractivity contribution >= 4 is 39.6 Å². The van der Waals surface area contributed by atoms with E-state index in [4.69, 9.17) is 5.73 Å². The zero-order chi connectivity index (χ0) is 25.8. The molecule has 4 atom stereocenters. The molecule has 4 aromatic rings. The molecule has 0 radical (unpaired) electrons. The number of aromatic amines is 2. The largest absolute Gasteiger partial charge is 0.480 e. The number of hydrogen-bond donors (Lipinski definition) is 7. The maximum atomic E-state index is 13.3. The molecule has 4 unspecified atom stereocenters. The lowest BCUT2D eigenvalue weighted by molar-refractivity contribution is -0.142. The predicted octanol–water partition coefficient (Wildman–Crippen LogP) is 1.20. The smallest absolute Gasteiger partial charge is 0.326 e. The van der Waals surface area contributed by atoms with Crippen LogP contribution in [0.4, 0.5) is 0 Å². The summed E-state index contributed by atoms with van der Waals surface area (Å²) in [5.74, 6) is -2.58. The standard InChI is InChI=1S/C26H29N5O5/c1-14(32)23(27)25(34)30-21(10-15-12-28-19-8-4-2-6-17(15)19)24(33)31-22(26(35)36)11-16-13-29-20-9-5-3-7-18(16)20/h2-9,12-14,21-23,28-29,32H,10-11,27H2,1H3,(H,30,34)(H,31,33)(H,35,36). The van der Waals surface area contributed by atoms with Gasteiger partial charge in [-0.15, -0.1) is 0 Å². The van der Waals surface area contributed by atoms with E-state index in [9.17, 15) is 24.6 Å². The molecule has 8 N–H and O–H groups in total. The molecule has 2 aromatic heterocycles. The first-order valence-electron chi connectivity index (χ1n) is 11.6. The Hall–Kier alpha value is -4.15. The number of para-hydroxylation sites is 2. The lowest BCUT2D eigenvalue weighted by Crippen LogP contribution is -2.57. The van der Waals surface area contributed by atoms with Crippen LogP contribution >= 0.6 is 0 Å². The highest BCUT2D eigenvalue weighted by Gasteiger charge is 2.30. The Morgan fingerprint density at radius 1 is 0.833 bits per heavy atom. The second-order valence-corrected chi connectivity index (χ2v) is 8.85. The van der Waals surface area contributed by atoms with Crippen molar-refractivity contribution in [2.75, 3.05) is 0 Å². The van der Waals surface area contributed by atoms with E-state index in [2.05, 4.69) is 20.6 Å². The molecule has 36 heavy (non-hydrogen) atoms. The minimum Gasteiger partial charge on any atom is -0.480 e. The summed E-state index contributed by atoms with van der Waals surface area (Å²) in [4.78, 5) is 44.2. The van der Waals surface area contributed by atoms with E-state index in [1.54, 1.807) is 12.4 Å². The minimum atomic E-state index is -1.25. The molecule has 0 aliphatic carbocycles. The quantitative estimate of drug-likeness (QED) is 0.175. The topological polar surface area (TPSA) is 173 Å². The molecule has 0 spiro atoms. The molecule has 0 saturated carbocycles. The fourth-order valence-electron chi connectivity index (χ4n) is 4.21. The van der Waals surface area contributed by atoms with Crippen molar-refractivity contribution in [3.63, 3.8) is 0 Å². The summed E-state index contributed by atoms with van der Waals surface area (Å²) in [6.07, 6.45) is 2.47. The van der Waals surface area contributed by atoms with Crippen LogP contribution in [-0.2, 0) is 27.2 Å². The summed E-state index contributed by atoms with van der Waals surface area (Å²) in [6.45, 7) is 1.38. The number of aliphatic hydroxyl groups excluding tert-OH is 1. The first-order chi connectivity index (χ1) is 17.2. The number of rotatable bonds is 10. The molecule has 0 bridgehead atoms.